The molecule has 32 heavy (non-hydrogen) atoms. The number of carbonyl (C=O) groups excluding carboxylic acids is 1. The summed E-state index contributed by atoms with van der Waals surface area (Å²) in [5.74, 6) is 0.792. The van der Waals surface area contributed by atoms with Crippen molar-refractivity contribution < 1.29 is 13.9 Å². The Hall–Kier alpha value is -2.70. The Morgan fingerprint density at radius 2 is 1.72 bits per heavy atom. The van der Waals surface area contributed by atoms with Crippen molar-refractivity contribution in [1.82, 2.24) is 9.80 Å². The maximum Gasteiger partial charge on any atom is 0.264 e. The Kier molecular flexibility index (Phi) is 6.92. The van der Waals surface area contributed by atoms with E-state index in [2.05, 4.69) is 37.8 Å². The molecule has 1 saturated heterocycles. The molecule has 0 saturated carbocycles. The quantitative estimate of drug-likeness (QED) is 0.505. The van der Waals surface area contributed by atoms with Gasteiger partial charge in [-0.05, 0) is 61.0 Å². The highest BCUT2D eigenvalue weighted by molar-refractivity contribution is 7.12. The number of nitrogens with zero attached hydrogens (tertiary/aromatic N) is 2. The Balaban J connectivity index is 1.30. The van der Waals surface area contributed by atoms with E-state index < -0.39 is 0 Å². The molecule has 3 aromatic rings. The monoisotopic (exact) mass is 452 g/mol. The smallest absolute Gasteiger partial charge is 0.264 e. The van der Waals surface area contributed by atoms with Crippen LogP contribution >= 0.6 is 11.3 Å². The molecule has 0 radical (unpaired) electrons. The Morgan fingerprint density at radius 1 is 1.00 bits per heavy atom. The summed E-state index contributed by atoms with van der Waals surface area (Å²) in [5.41, 5.74) is 5.47. The number of rotatable bonds is 6. The first-order chi connectivity index (χ1) is 15.4. The van der Waals surface area contributed by atoms with Gasteiger partial charge in [-0.25, -0.2) is 4.39 Å². The third kappa shape index (κ3) is 5.37. The third-order valence-corrected chi connectivity index (χ3v) is 6.77. The van der Waals surface area contributed by atoms with Crippen molar-refractivity contribution in [3.8, 4) is 5.75 Å². The van der Waals surface area contributed by atoms with Gasteiger partial charge in [-0.15, -0.1) is 11.3 Å². The van der Waals surface area contributed by atoms with Crippen LogP contribution in [0.3, 0.4) is 0 Å². The summed E-state index contributed by atoms with van der Waals surface area (Å²) in [6.07, 6.45) is 0. The third-order valence-electron chi connectivity index (χ3n) is 5.81. The maximum atomic E-state index is 13.4. The number of thiophene rings is 1. The van der Waals surface area contributed by atoms with E-state index >= 15 is 0 Å². The van der Waals surface area contributed by atoms with Gasteiger partial charge in [-0.1, -0.05) is 29.8 Å². The van der Waals surface area contributed by atoms with E-state index in [-0.39, 0.29) is 11.7 Å². The molecule has 0 aliphatic carbocycles. The van der Waals surface area contributed by atoms with E-state index in [0.29, 0.717) is 26.2 Å². The van der Waals surface area contributed by atoms with Gasteiger partial charge < -0.3 is 9.64 Å². The van der Waals surface area contributed by atoms with E-state index in [9.17, 15) is 9.18 Å². The lowest BCUT2D eigenvalue weighted by Crippen LogP contribution is -2.48. The van der Waals surface area contributed by atoms with Gasteiger partial charge in [0.05, 0.1) is 4.88 Å². The van der Waals surface area contributed by atoms with Crippen molar-refractivity contribution >= 4 is 17.2 Å². The van der Waals surface area contributed by atoms with E-state index in [4.69, 9.17) is 4.74 Å². The highest BCUT2D eigenvalue weighted by Crippen LogP contribution is 2.26. The molecule has 0 atom stereocenters. The molecule has 6 heteroatoms. The maximum absolute atomic E-state index is 13.4. The number of aryl methyl sites for hydroxylation is 3. The number of amides is 1. The number of piperazine rings is 1. The normalized spacial score (nSPS) is 14.6. The van der Waals surface area contributed by atoms with Gasteiger partial charge in [-0.3, -0.25) is 9.69 Å². The predicted molar refractivity (Wildman–Crippen MR) is 127 cm³/mol. The summed E-state index contributed by atoms with van der Waals surface area (Å²) in [7, 11) is 0. The molecule has 1 aliphatic heterocycles. The Bertz CT molecular complexity index is 1080. The SMILES string of the molecule is Cc1cc(C)c(OCc2csc(C(=O)N3CCN(Cc4cccc(F)c4)CC3)c2)c(C)c1. The van der Waals surface area contributed by atoms with Crippen molar-refractivity contribution in [1.29, 1.82) is 0 Å². The van der Waals surface area contributed by atoms with Gasteiger partial charge in [-0.2, -0.15) is 0 Å². The Morgan fingerprint density at radius 3 is 2.41 bits per heavy atom. The lowest BCUT2D eigenvalue weighted by Gasteiger charge is -2.34. The molecular formula is C26H29FN2O2S. The first-order valence-corrected chi connectivity index (χ1v) is 11.8. The summed E-state index contributed by atoms with van der Waals surface area (Å²) in [6, 6.07) is 12.9. The van der Waals surface area contributed by atoms with Crippen LogP contribution in [0.2, 0.25) is 0 Å². The fourth-order valence-electron chi connectivity index (χ4n) is 4.27. The second-order valence-electron chi connectivity index (χ2n) is 8.53. The standard InChI is InChI=1S/C26H29FN2O2S/c1-18-11-19(2)25(20(3)12-18)31-16-22-14-24(32-17-22)26(30)29-9-7-28(8-10-29)15-21-5-4-6-23(27)13-21/h4-6,11-14,17H,7-10,15-16H2,1-3H3. The summed E-state index contributed by atoms with van der Waals surface area (Å²) in [4.78, 5) is 17.9. The molecule has 4 nitrogen and oxygen atoms in total. The zero-order chi connectivity index (χ0) is 22.7. The summed E-state index contributed by atoms with van der Waals surface area (Å²) in [5, 5.41) is 2.01. The molecule has 2 heterocycles. The molecule has 1 fully saturated rings. The molecule has 1 aromatic heterocycles. The van der Waals surface area contributed by atoms with E-state index in [1.807, 2.05) is 22.4 Å². The van der Waals surface area contributed by atoms with Crippen molar-refractivity contribution in [3.63, 3.8) is 0 Å². The first kappa shape index (κ1) is 22.5. The van der Waals surface area contributed by atoms with Crippen molar-refractivity contribution in [3.05, 3.63) is 86.4 Å². The number of hydrogen-bond acceptors (Lipinski definition) is 4. The Labute approximate surface area is 193 Å². The number of benzene rings is 2. The molecule has 168 valence electrons. The summed E-state index contributed by atoms with van der Waals surface area (Å²) >= 11 is 1.48. The topological polar surface area (TPSA) is 32.8 Å². The summed E-state index contributed by atoms with van der Waals surface area (Å²) < 4.78 is 19.5. The number of carbonyl (C=O) groups is 1. The average Bonchev–Trinajstić information content (AvgIpc) is 3.22. The van der Waals surface area contributed by atoms with E-state index in [1.54, 1.807) is 12.1 Å². The van der Waals surface area contributed by atoms with Gasteiger partial charge >= 0.3 is 0 Å². The molecule has 1 aliphatic rings. The fourth-order valence-corrected chi connectivity index (χ4v) is 5.14. The van der Waals surface area contributed by atoms with Crippen molar-refractivity contribution in [2.75, 3.05) is 26.2 Å². The largest absolute Gasteiger partial charge is 0.488 e. The van der Waals surface area contributed by atoms with Crippen LogP contribution in [0.1, 0.15) is 37.5 Å². The van der Waals surface area contributed by atoms with Crippen LogP contribution in [-0.2, 0) is 13.2 Å². The van der Waals surface area contributed by atoms with E-state index in [1.165, 1.54) is 23.0 Å². The lowest BCUT2D eigenvalue weighted by molar-refractivity contribution is 0.0633. The number of halogens is 1. The van der Waals surface area contributed by atoms with Crippen molar-refractivity contribution in [2.24, 2.45) is 0 Å². The molecule has 2 aromatic carbocycles. The molecule has 0 spiro atoms. The summed E-state index contributed by atoms with van der Waals surface area (Å²) in [6.45, 7) is 10.3. The van der Waals surface area contributed by atoms with Crippen LogP contribution in [0.5, 0.6) is 5.75 Å². The highest BCUT2D eigenvalue weighted by atomic mass is 32.1. The second-order valence-corrected chi connectivity index (χ2v) is 9.45. The van der Waals surface area contributed by atoms with Crippen LogP contribution in [0, 0.1) is 26.6 Å². The predicted octanol–water partition coefficient (Wildman–Crippen LogP) is 5.35. The van der Waals surface area contributed by atoms with Gasteiger partial charge in [0.15, 0.2) is 0 Å². The minimum absolute atomic E-state index is 0.0781. The fraction of sp³-hybridized carbons (Fsp3) is 0.346. The lowest BCUT2D eigenvalue weighted by atomic mass is 10.1. The molecular weight excluding hydrogens is 423 g/mol. The molecule has 0 N–H and O–H groups in total. The van der Waals surface area contributed by atoms with E-state index in [0.717, 1.165) is 46.0 Å². The van der Waals surface area contributed by atoms with Crippen LogP contribution in [0.15, 0.2) is 47.8 Å². The van der Waals surface area contributed by atoms with Gasteiger partial charge in [0.2, 0.25) is 0 Å². The van der Waals surface area contributed by atoms with Crippen LogP contribution in [0.4, 0.5) is 4.39 Å². The van der Waals surface area contributed by atoms with Crippen LogP contribution in [-0.4, -0.2) is 41.9 Å². The first-order valence-electron chi connectivity index (χ1n) is 10.9. The average molecular weight is 453 g/mol. The highest BCUT2D eigenvalue weighted by Gasteiger charge is 2.23. The van der Waals surface area contributed by atoms with Crippen LogP contribution in [0.25, 0.3) is 0 Å². The number of ether oxygens (including phenoxy) is 1. The minimum Gasteiger partial charge on any atom is -0.488 e. The minimum atomic E-state index is -0.207. The second kappa shape index (κ2) is 9.84. The number of hydrogen-bond donors (Lipinski definition) is 0. The van der Waals surface area contributed by atoms with Crippen molar-refractivity contribution in [2.45, 2.75) is 33.9 Å². The molecule has 0 unspecified atom stereocenters. The van der Waals surface area contributed by atoms with Crippen LogP contribution < -0.4 is 4.74 Å². The molecule has 1 amide bonds. The van der Waals surface area contributed by atoms with Gasteiger partial charge in [0.1, 0.15) is 18.2 Å². The van der Waals surface area contributed by atoms with Gasteiger partial charge in [0.25, 0.3) is 5.91 Å². The zero-order valence-corrected chi connectivity index (χ0v) is 19.7. The van der Waals surface area contributed by atoms with Gasteiger partial charge in [0, 0.05) is 38.3 Å². The zero-order valence-electron chi connectivity index (χ0n) is 18.9. The molecule has 0 bridgehead atoms. The molecule has 4 rings (SSSR count).